The van der Waals surface area contributed by atoms with E-state index in [2.05, 4.69) is 24.1 Å². The molecule has 1 aliphatic rings. The summed E-state index contributed by atoms with van der Waals surface area (Å²) in [4.78, 5) is 2.44. The lowest BCUT2D eigenvalue weighted by Gasteiger charge is -2.37. The van der Waals surface area contributed by atoms with E-state index in [1.165, 1.54) is 17.7 Å². The maximum Gasteiger partial charge on any atom is 0.123 e. The predicted octanol–water partition coefficient (Wildman–Crippen LogP) is 2.43. The summed E-state index contributed by atoms with van der Waals surface area (Å²) in [6.45, 7) is 7.42. The summed E-state index contributed by atoms with van der Waals surface area (Å²) in [6, 6.07) is 7.89. The molecule has 1 saturated heterocycles. The van der Waals surface area contributed by atoms with Crippen LogP contribution in [0.1, 0.15) is 19.4 Å². The van der Waals surface area contributed by atoms with Gasteiger partial charge in [0.2, 0.25) is 0 Å². The Balaban J connectivity index is 0.00000144. The van der Waals surface area contributed by atoms with Crippen molar-refractivity contribution in [2.75, 3.05) is 13.1 Å². The Morgan fingerprint density at radius 1 is 1.29 bits per heavy atom. The predicted molar refractivity (Wildman–Crippen MR) is 71.0 cm³/mol. The highest BCUT2D eigenvalue weighted by Gasteiger charge is 2.21. The molecule has 2 atom stereocenters. The molecule has 1 aromatic carbocycles. The topological polar surface area (TPSA) is 15.3 Å². The minimum absolute atomic E-state index is 0. The molecule has 0 bridgehead atoms. The van der Waals surface area contributed by atoms with E-state index in [4.69, 9.17) is 0 Å². The second-order valence-electron chi connectivity index (χ2n) is 4.71. The van der Waals surface area contributed by atoms with Crippen LogP contribution in [0.15, 0.2) is 24.3 Å². The van der Waals surface area contributed by atoms with Gasteiger partial charge in [-0.3, -0.25) is 4.90 Å². The number of hydrogen-bond donors (Lipinski definition) is 1. The van der Waals surface area contributed by atoms with Gasteiger partial charge in [-0.05, 0) is 31.5 Å². The van der Waals surface area contributed by atoms with E-state index in [0.717, 1.165) is 19.6 Å². The Labute approximate surface area is 109 Å². The maximum absolute atomic E-state index is 12.8. The third-order valence-corrected chi connectivity index (χ3v) is 3.19. The smallest absolute Gasteiger partial charge is 0.123 e. The summed E-state index contributed by atoms with van der Waals surface area (Å²) < 4.78 is 12.8. The molecule has 1 aromatic rings. The van der Waals surface area contributed by atoms with Gasteiger partial charge in [0.1, 0.15) is 5.82 Å². The number of nitrogens with zero attached hydrogens (tertiary/aromatic N) is 1. The molecule has 0 radical (unpaired) electrons. The molecule has 0 aromatic heterocycles. The van der Waals surface area contributed by atoms with E-state index >= 15 is 0 Å². The van der Waals surface area contributed by atoms with Crippen molar-refractivity contribution in [2.45, 2.75) is 32.5 Å². The molecule has 1 fully saturated rings. The number of piperazine rings is 1. The van der Waals surface area contributed by atoms with E-state index in [0.29, 0.717) is 12.1 Å². The zero-order valence-electron chi connectivity index (χ0n) is 10.3. The lowest BCUT2D eigenvalue weighted by Crippen LogP contribution is -2.53. The summed E-state index contributed by atoms with van der Waals surface area (Å²) in [5.74, 6) is -0.162. The largest absolute Gasteiger partial charge is 0.311 e. The van der Waals surface area contributed by atoms with Crippen LogP contribution in [0.4, 0.5) is 4.39 Å². The van der Waals surface area contributed by atoms with Gasteiger partial charge in [-0.15, -0.1) is 12.4 Å². The Bertz CT molecular complexity index is 342. The Morgan fingerprint density at radius 2 is 1.94 bits per heavy atom. The van der Waals surface area contributed by atoms with E-state index in [9.17, 15) is 4.39 Å². The van der Waals surface area contributed by atoms with Crippen molar-refractivity contribution in [3.63, 3.8) is 0 Å². The fourth-order valence-corrected chi connectivity index (χ4v) is 2.14. The van der Waals surface area contributed by atoms with Crippen LogP contribution in [0, 0.1) is 5.82 Å². The SMILES string of the molecule is CC1CN(Cc2ccc(F)cc2)C(C)CN1.Cl. The van der Waals surface area contributed by atoms with Crippen LogP contribution >= 0.6 is 12.4 Å². The molecule has 0 amide bonds. The van der Waals surface area contributed by atoms with Crippen LogP contribution in [-0.4, -0.2) is 30.1 Å². The molecule has 0 spiro atoms. The van der Waals surface area contributed by atoms with Crippen molar-refractivity contribution in [2.24, 2.45) is 0 Å². The molecular weight excluding hydrogens is 239 g/mol. The number of nitrogens with one attached hydrogen (secondary N) is 1. The van der Waals surface area contributed by atoms with E-state index < -0.39 is 0 Å². The van der Waals surface area contributed by atoms with Crippen LogP contribution in [0.5, 0.6) is 0 Å². The summed E-state index contributed by atoms with van der Waals surface area (Å²) in [5.41, 5.74) is 1.18. The Kier molecular flexibility index (Phi) is 5.37. The summed E-state index contributed by atoms with van der Waals surface area (Å²) >= 11 is 0. The molecule has 0 saturated carbocycles. The molecule has 96 valence electrons. The van der Waals surface area contributed by atoms with Crippen molar-refractivity contribution in [1.29, 1.82) is 0 Å². The van der Waals surface area contributed by atoms with Gasteiger partial charge < -0.3 is 5.32 Å². The highest BCUT2D eigenvalue weighted by molar-refractivity contribution is 5.85. The first-order chi connectivity index (χ1) is 7.65. The molecule has 1 aliphatic heterocycles. The zero-order chi connectivity index (χ0) is 11.5. The molecule has 2 nitrogen and oxygen atoms in total. The monoisotopic (exact) mass is 258 g/mol. The van der Waals surface area contributed by atoms with Crippen LogP contribution in [0.25, 0.3) is 0 Å². The summed E-state index contributed by atoms with van der Waals surface area (Å²) in [5, 5.41) is 3.45. The molecule has 17 heavy (non-hydrogen) atoms. The highest BCUT2D eigenvalue weighted by atomic mass is 35.5. The van der Waals surface area contributed by atoms with Crippen LogP contribution in [0.2, 0.25) is 0 Å². The van der Waals surface area contributed by atoms with Crippen molar-refractivity contribution < 1.29 is 4.39 Å². The lowest BCUT2D eigenvalue weighted by atomic mass is 10.1. The van der Waals surface area contributed by atoms with Gasteiger partial charge in [-0.2, -0.15) is 0 Å². The molecule has 1 heterocycles. The third kappa shape index (κ3) is 3.95. The normalized spacial score (nSPS) is 25.4. The van der Waals surface area contributed by atoms with Crippen molar-refractivity contribution in [3.8, 4) is 0 Å². The molecule has 1 N–H and O–H groups in total. The van der Waals surface area contributed by atoms with Gasteiger partial charge in [-0.1, -0.05) is 12.1 Å². The van der Waals surface area contributed by atoms with Crippen LogP contribution in [-0.2, 0) is 6.54 Å². The van der Waals surface area contributed by atoms with Crippen molar-refractivity contribution in [3.05, 3.63) is 35.6 Å². The van der Waals surface area contributed by atoms with Crippen LogP contribution < -0.4 is 5.32 Å². The standard InChI is InChI=1S/C13H19FN2.ClH/c1-10-8-16(11(2)7-15-10)9-12-3-5-13(14)6-4-12;/h3-6,10-11,15H,7-9H2,1-2H3;1H. The van der Waals surface area contributed by atoms with E-state index in [1.54, 1.807) is 0 Å². The minimum Gasteiger partial charge on any atom is -0.311 e. The summed E-state index contributed by atoms with van der Waals surface area (Å²) in [7, 11) is 0. The van der Waals surface area contributed by atoms with Gasteiger partial charge >= 0.3 is 0 Å². The van der Waals surface area contributed by atoms with Crippen molar-refractivity contribution >= 4 is 12.4 Å². The van der Waals surface area contributed by atoms with Gasteiger partial charge in [-0.25, -0.2) is 4.39 Å². The van der Waals surface area contributed by atoms with Crippen molar-refractivity contribution in [1.82, 2.24) is 10.2 Å². The minimum atomic E-state index is -0.162. The number of hydrogen-bond acceptors (Lipinski definition) is 2. The van der Waals surface area contributed by atoms with Gasteiger partial charge in [0, 0.05) is 31.7 Å². The lowest BCUT2D eigenvalue weighted by molar-refractivity contribution is 0.139. The molecule has 4 heteroatoms. The second kappa shape index (κ2) is 6.34. The number of halogens is 2. The first-order valence-electron chi connectivity index (χ1n) is 5.87. The van der Waals surface area contributed by atoms with E-state index in [1.807, 2.05) is 12.1 Å². The molecule has 2 unspecified atom stereocenters. The zero-order valence-corrected chi connectivity index (χ0v) is 11.1. The average molecular weight is 259 g/mol. The van der Waals surface area contributed by atoms with E-state index in [-0.39, 0.29) is 18.2 Å². The van der Waals surface area contributed by atoms with Gasteiger partial charge in [0.25, 0.3) is 0 Å². The maximum atomic E-state index is 12.8. The summed E-state index contributed by atoms with van der Waals surface area (Å²) in [6.07, 6.45) is 0. The fraction of sp³-hybridized carbons (Fsp3) is 0.538. The molecular formula is C13H20ClFN2. The van der Waals surface area contributed by atoms with Gasteiger partial charge in [0.05, 0.1) is 0 Å². The fourth-order valence-electron chi connectivity index (χ4n) is 2.14. The van der Waals surface area contributed by atoms with Crippen LogP contribution in [0.3, 0.4) is 0 Å². The highest BCUT2D eigenvalue weighted by Crippen LogP contribution is 2.12. The van der Waals surface area contributed by atoms with Gasteiger partial charge in [0.15, 0.2) is 0 Å². The third-order valence-electron chi connectivity index (χ3n) is 3.19. The average Bonchev–Trinajstić information content (AvgIpc) is 2.27. The molecule has 0 aliphatic carbocycles. The number of rotatable bonds is 2. The Morgan fingerprint density at radius 3 is 2.59 bits per heavy atom. The Hall–Kier alpha value is -0.640. The molecule has 2 rings (SSSR count). The first-order valence-corrected chi connectivity index (χ1v) is 5.87. The second-order valence-corrected chi connectivity index (χ2v) is 4.71. The quantitative estimate of drug-likeness (QED) is 0.877. The number of benzene rings is 1. The first kappa shape index (κ1) is 14.4.